The number of anilines is 2. The number of rotatable bonds is 11. The summed E-state index contributed by atoms with van der Waals surface area (Å²) in [5.74, 6) is 0. The number of ether oxygens (including phenoxy) is 2. The standard InChI is InChI=1S/C26H36BN3O8/c1-26(2,3)36-25(32)29(4)17-19-16-21(10-13-23(19)30(5)38-37-22-11-12-22)28-24(31)35-15-14-18-6-8-20(9-7-18)27(33)34/h6-10,13,16,22,33-34H,11-12,14-15,17H2,1-5H3,(H,28,31). The van der Waals surface area contributed by atoms with Crippen LogP contribution in [0.4, 0.5) is 21.0 Å². The third-order valence-corrected chi connectivity index (χ3v) is 5.49. The van der Waals surface area contributed by atoms with Crippen molar-refractivity contribution in [2.45, 2.75) is 58.3 Å². The lowest BCUT2D eigenvalue weighted by molar-refractivity contribution is -0.309. The Morgan fingerprint density at radius 3 is 2.37 bits per heavy atom. The second-order valence-electron chi connectivity index (χ2n) is 10.2. The monoisotopic (exact) mass is 529 g/mol. The molecule has 0 unspecified atom stereocenters. The Morgan fingerprint density at radius 1 is 1.08 bits per heavy atom. The molecule has 0 aromatic heterocycles. The maximum atomic E-state index is 12.5. The topological polar surface area (TPSA) is 130 Å². The zero-order valence-corrected chi connectivity index (χ0v) is 22.5. The highest BCUT2D eigenvalue weighted by Gasteiger charge is 2.26. The van der Waals surface area contributed by atoms with Gasteiger partial charge >= 0.3 is 19.3 Å². The average Bonchev–Trinajstić information content (AvgIpc) is 3.66. The van der Waals surface area contributed by atoms with Crippen molar-refractivity contribution in [2.75, 3.05) is 31.1 Å². The van der Waals surface area contributed by atoms with Gasteiger partial charge < -0.3 is 24.4 Å². The highest BCUT2D eigenvalue weighted by Crippen LogP contribution is 2.28. The summed E-state index contributed by atoms with van der Waals surface area (Å²) in [6, 6.07) is 11.9. The van der Waals surface area contributed by atoms with Crippen LogP contribution in [0.1, 0.15) is 44.7 Å². The number of nitrogens with zero attached hydrogens (tertiary/aromatic N) is 2. The summed E-state index contributed by atoms with van der Waals surface area (Å²) in [6.07, 6.45) is 1.33. The van der Waals surface area contributed by atoms with E-state index in [1.54, 1.807) is 77.3 Å². The Kier molecular flexibility index (Phi) is 9.98. The molecule has 11 nitrogen and oxygen atoms in total. The van der Waals surface area contributed by atoms with E-state index in [-0.39, 0.29) is 19.3 Å². The van der Waals surface area contributed by atoms with Crippen LogP contribution in [-0.2, 0) is 32.3 Å². The van der Waals surface area contributed by atoms with Crippen molar-refractivity contribution >= 4 is 36.1 Å². The number of hydrogen-bond acceptors (Lipinski definition) is 9. The molecule has 12 heteroatoms. The van der Waals surface area contributed by atoms with Crippen LogP contribution in [0.2, 0.25) is 0 Å². The molecule has 0 aliphatic heterocycles. The van der Waals surface area contributed by atoms with Crippen LogP contribution in [0, 0.1) is 0 Å². The SMILES string of the molecule is CN(Cc1cc(NC(=O)OCCc2ccc(B(O)O)cc2)ccc1N(C)OOC1CC1)C(=O)OC(C)(C)C. The van der Waals surface area contributed by atoms with Crippen molar-refractivity contribution in [3.8, 4) is 0 Å². The first kappa shape index (κ1) is 29.2. The first-order valence-electron chi connectivity index (χ1n) is 12.4. The van der Waals surface area contributed by atoms with E-state index < -0.39 is 24.9 Å². The van der Waals surface area contributed by atoms with E-state index in [0.717, 1.165) is 18.4 Å². The lowest BCUT2D eigenvalue weighted by atomic mass is 9.80. The maximum Gasteiger partial charge on any atom is 0.488 e. The van der Waals surface area contributed by atoms with Gasteiger partial charge in [0.15, 0.2) is 0 Å². The first-order chi connectivity index (χ1) is 17.9. The Labute approximate surface area is 223 Å². The van der Waals surface area contributed by atoms with Crippen LogP contribution >= 0.6 is 0 Å². The molecule has 0 spiro atoms. The predicted octanol–water partition coefficient (Wildman–Crippen LogP) is 2.99. The summed E-state index contributed by atoms with van der Waals surface area (Å²) < 4.78 is 10.8. The second-order valence-corrected chi connectivity index (χ2v) is 10.2. The Morgan fingerprint density at radius 2 is 1.76 bits per heavy atom. The molecule has 3 N–H and O–H groups in total. The molecule has 1 fully saturated rings. The molecule has 1 aliphatic rings. The molecule has 2 aromatic carbocycles. The van der Waals surface area contributed by atoms with Gasteiger partial charge in [0.05, 0.1) is 24.9 Å². The van der Waals surface area contributed by atoms with Gasteiger partial charge in [-0.15, -0.1) is 4.99 Å². The third kappa shape index (κ3) is 9.53. The minimum Gasteiger partial charge on any atom is -0.449 e. The Hall–Kier alpha value is -3.32. The molecular weight excluding hydrogens is 493 g/mol. The van der Waals surface area contributed by atoms with Crippen molar-refractivity contribution in [1.29, 1.82) is 0 Å². The van der Waals surface area contributed by atoms with E-state index in [4.69, 9.17) is 19.3 Å². The molecule has 0 radical (unpaired) electrons. The highest BCUT2D eigenvalue weighted by atomic mass is 17.3. The van der Waals surface area contributed by atoms with Gasteiger partial charge in [0.1, 0.15) is 5.60 Å². The number of amides is 2. The molecule has 1 saturated carbocycles. The van der Waals surface area contributed by atoms with Gasteiger partial charge in [0, 0.05) is 26.2 Å². The van der Waals surface area contributed by atoms with Crippen molar-refractivity contribution in [2.24, 2.45) is 0 Å². The molecule has 2 amide bonds. The van der Waals surface area contributed by atoms with Crippen LogP contribution in [0.5, 0.6) is 0 Å². The van der Waals surface area contributed by atoms with Crippen molar-refractivity contribution in [3.05, 3.63) is 53.6 Å². The lowest BCUT2D eigenvalue weighted by Gasteiger charge is -2.27. The van der Waals surface area contributed by atoms with Crippen LogP contribution in [0.3, 0.4) is 0 Å². The Balaban J connectivity index is 1.63. The van der Waals surface area contributed by atoms with Crippen LogP contribution < -0.4 is 15.8 Å². The molecule has 1 aliphatic carbocycles. The molecule has 2 aromatic rings. The minimum atomic E-state index is -1.52. The van der Waals surface area contributed by atoms with Gasteiger partial charge in [-0.3, -0.25) is 5.32 Å². The van der Waals surface area contributed by atoms with Gasteiger partial charge in [-0.1, -0.05) is 24.3 Å². The van der Waals surface area contributed by atoms with E-state index in [1.807, 2.05) is 0 Å². The fourth-order valence-corrected chi connectivity index (χ4v) is 3.36. The predicted molar refractivity (Wildman–Crippen MR) is 143 cm³/mol. The average molecular weight is 529 g/mol. The largest absolute Gasteiger partial charge is 0.488 e. The molecular formula is C26H36BN3O8. The Bertz CT molecular complexity index is 1090. The first-order valence-corrected chi connectivity index (χ1v) is 12.4. The summed E-state index contributed by atoms with van der Waals surface area (Å²) in [6.45, 7) is 5.71. The summed E-state index contributed by atoms with van der Waals surface area (Å²) in [4.78, 5) is 37.1. The number of hydrogen-bond donors (Lipinski definition) is 3. The molecule has 38 heavy (non-hydrogen) atoms. The fraction of sp³-hybridized carbons (Fsp3) is 0.462. The zero-order valence-electron chi connectivity index (χ0n) is 22.5. The van der Waals surface area contributed by atoms with Crippen LogP contribution in [-0.4, -0.2) is 66.7 Å². The van der Waals surface area contributed by atoms with Gasteiger partial charge in [-0.2, -0.15) is 0 Å². The van der Waals surface area contributed by atoms with E-state index >= 15 is 0 Å². The number of carbonyl (C=O) groups excluding carboxylic acids is 2. The summed E-state index contributed by atoms with van der Waals surface area (Å²) in [7, 11) is 1.80. The molecule has 0 bridgehead atoms. The minimum absolute atomic E-state index is 0.0836. The smallest absolute Gasteiger partial charge is 0.449 e. The molecule has 206 valence electrons. The van der Waals surface area contributed by atoms with Gasteiger partial charge in [-0.25, -0.2) is 19.5 Å². The van der Waals surface area contributed by atoms with Gasteiger partial charge in [-0.05, 0) is 68.4 Å². The third-order valence-electron chi connectivity index (χ3n) is 5.49. The van der Waals surface area contributed by atoms with Crippen molar-refractivity contribution in [1.82, 2.24) is 4.90 Å². The van der Waals surface area contributed by atoms with Crippen molar-refractivity contribution in [3.63, 3.8) is 0 Å². The van der Waals surface area contributed by atoms with E-state index in [9.17, 15) is 19.6 Å². The van der Waals surface area contributed by atoms with Gasteiger partial charge in [0.2, 0.25) is 0 Å². The number of benzene rings is 2. The number of nitrogens with one attached hydrogen (secondary N) is 1. The molecule has 0 heterocycles. The van der Waals surface area contributed by atoms with E-state index in [0.29, 0.717) is 28.8 Å². The van der Waals surface area contributed by atoms with Crippen LogP contribution in [0.25, 0.3) is 0 Å². The number of hydroxylamine groups is 1. The zero-order chi connectivity index (χ0) is 27.9. The fourth-order valence-electron chi connectivity index (χ4n) is 3.36. The molecule has 3 rings (SSSR count). The van der Waals surface area contributed by atoms with E-state index in [2.05, 4.69) is 5.32 Å². The molecule has 0 saturated heterocycles. The second kappa shape index (κ2) is 13.0. The van der Waals surface area contributed by atoms with E-state index in [1.165, 1.54) is 9.96 Å². The highest BCUT2D eigenvalue weighted by molar-refractivity contribution is 6.58. The summed E-state index contributed by atoms with van der Waals surface area (Å²) in [5, 5.41) is 22.5. The van der Waals surface area contributed by atoms with Crippen LogP contribution in [0.15, 0.2) is 42.5 Å². The van der Waals surface area contributed by atoms with Gasteiger partial charge in [0.25, 0.3) is 0 Å². The maximum absolute atomic E-state index is 12.5. The normalized spacial score (nSPS) is 13.0. The molecule has 0 atom stereocenters. The quantitative estimate of drug-likeness (QED) is 0.229. The summed E-state index contributed by atoms with van der Waals surface area (Å²) >= 11 is 0. The lowest BCUT2D eigenvalue weighted by Crippen LogP contribution is -2.34. The summed E-state index contributed by atoms with van der Waals surface area (Å²) in [5.41, 5.74) is 2.45. The number of carbonyl (C=O) groups is 2. The van der Waals surface area contributed by atoms with Crippen molar-refractivity contribution < 1.29 is 39.0 Å².